The second kappa shape index (κ2) is 10.2. The number of esters is 1. The summed E-state index contributed by atoms with van der Waals surface area (Å²) >= 11 is 3.20. The van der Waals surface area contributed by atoms with Gasteiger partial charge in [0.25, 0.3) is 0 Å². The second-order valence-corrected chi connectivity index (χ2v) is 7.81. The van der Waals surface area contributed by atoms with Crippen molar-refractivity contribution in [3.05, 3.63) is 50.7 Å². The van der Waals surface area contributed by atoms with E-state index >= 15 is 0 Å². The van der Waals surface area contributed by atoms with E-state index in [4.69, 9.17) is 9.47 Å². The molecule has 0 radical (unpaired) electrons. The molecule has 0 spiro atoms. The van der Waals surface area contributed by atoms with Gasteiger partial charge in [-0.2, -0.15) is 0 Å². The maximum Gasteiger partial charge on any atom is 0.334 e. The number of nitrogens with zero attached hydrogens (tertiary/aromatic N) is 2. The molecule has 0 aliphatic rings. The van der Waals surface area contributed by atoms with Crippen LogP contribution in [0.5, 0.6) is 0 Å². The van der Waals surface area contributed by atoms with E-state index < -0.39 is 5.97 Å². The summed E-state index contributed by atoms with van der Waals surface area (Å²) in [4.78, 5) is 20.7. The van der Waals surface area contributed by atoms with Crippen LogP contribution in [0.15, 0.2) is 40.0 Å². The van der Waals surface area contributed by atoms with E-state index in [1.165, 1.54) is 20.3 Å². The predicted octanol–water partition coefficient (Wildman–Crippen LogP) is 5.03. The zero-order chi connectivity index (χ0) is 20.7. The first kappa shape index (κ1) is 21.8. The van der Waals surface area contributed by atoms with Gasteiger partial charge in [-0.15, -0.1) is 22.7 Å². The van der Waals surface area contributed by atoms with Crippen molar-refractivity contribution in [1.82, 2.24) is 9.97 Å². The van der Waals surface area contributed by atoms with Gasteiger partial charge in [0.05, 0.1) is 38.1 Å². The Labute approximate surface area is 173 Å². The van der Waals surface area contributed by atoms with E-state index in [0.717, 1.165) is 21.4 Å². The van der Waals surface area contributed by atoms with Crippen LogP contribution < -0.4 is 0 Å². The number of thiazole rings is 2. The quantitative estimate of drug-likeness (QED) is 0.258. The number of hydrogen-bond acceptors (Lipinski definition) is 8. The number of ether oxygens (including phenoxy) is 3. The molecule has 0 N–H and O–H groups in total. The minimum absolute atomic E-state index is 0.371. The topological polar surface area (TPSA) is 70.5 Å². The van der Waals surface area contributed by atoms with Gasteiger partial charge in [-0.05, 0) is 19.1 Å². The van der Waals surface area contributed by atoms with Gasteiger partial charge in [0.1, 0.15) is 22.2 Å². The second-order valence-electron chi connectivity index (χ2n) is 6.07. The number of methoxy groups -OCH3 is 3. The van der Waals surface area contributed by atoms with Crippen molar-refractivity contribution in [2.24, 2.45) is 0 Å². The summed E-state index contributed by atoms with van der Waals surface area (Å²) in [6, 6.07) is 0. The van der Waals surface area contributed by atoms with Crippen LogP contribution in [0.25, 0.3) is 16.8 Å². The first-order valence-corrected chi connectivity index (χ1v) is 10.3. The highest BCUT2D eigenvalue weighted by atomic mass is 32.1. The molecule has 0 bridgehead atoms. The van der Waals surface area contributed by atoms with E-state index in [9.17, 15) is 4.79 Å². The Balaban J connectivity index is 2.24. The lowest BCUT2D eigenvalue weighted by Crippen LogP contribution is -2.01. The summed E-state index contributed by atoms with van der Waals surface area (Å²) in [5.41, 5.74) is 2.38. The third-order valence-corrected chi connectivity index (χ3v) is 5.82. The Bertz CT molecular complexity index is 907. The molecule has 0 fully saturated rings. The van der Waals surface area contributed by atoms with Crippen LogP contribution >= 0.6 is 22.7 Å². The van der Waals surface area contributed by atoms with Crippen molar-refractivity contribution in [1.29, 1.82) is 0 Å². The maximum atomic E-state index is 11.5. The molecule has 0 saturated heterocycles. The van der Waals surface area contributed by atoms with Gasteiger partial charge in [0.2, 0.25) is 0 Å². The van der Waals surface area contributed by atoms with Crippen LogP contribution in [-0.2, 0) is 19.0 Å². The van der Waals surface area contributed by atoms with Crippen LogP contribution in [0.1, 0.15) is 37.4 Å². The van der Waals surface area contributed by atoms with Gasteiger partial charge in [-0.3, -0.25) is 0 Å². The normalized spacial score (nSPS) is 13.0. The summed E-state index contributed by atoms with van der Waals surface area (Å²) in [7, 11) is 4.36. The van der Waals surface area contributed by atoms with Crippen LogP contribution in [0.2, 0.25) is 0 Å². The number of rotatable bonds is 8. The van der Waals surface area contributed by atoms with Crippen molar-refractivity contribution in [2.75, 3.05) is 21.3 Å². The smallest absolute Gasteiger partial charge is 0.334 e. The predicted molar refractivity (Wildman–Crippen MR) is 113 cm³/mol. The number of allylic oxidation sites excluding steroid dienone is 2. The van der Waals surface area contributed by atoms with Gasteiger partial charge in [-0.1, -0.05) is 13.8 Å². The summed E-state index contributed by atoms with van der Waals surface area (Å²) in [5.74, 6) is 0.839. The van der Waals surface area contributed by atoms with Gasteiger partial charge in [-0.25, -0.2) is 14.8 Å². The molecule has 150 valence electrons. The van der Waals surface area contributed by atoms with Gasteiger partial charge in [0, 0.05) is 22.3 Å². The fourth-order valence-corrected chi connectivity index (χ4v) is 3.89. The highest BCUT2D eigenvalue weighted by Gasteiger charge is 2.12. The van der Waals surface area contributed by atoms with Crippen LogP contribution in [0.4, 0.5) is 0 Å². The Hall–Kier alpha value is -2.45. The van der Waals surface area contributed by atoms with Crippen LogP contribution in [-0.4, -0.2) is 37.3 Å². The highest BCUT2D eigenvalue weighted by Crippen LogP contribution is 2.29. The molecule has 0 aromatic carbocycles. The average Bonchev–Trinajstić information content (AvgIpc) is 3.35. The summed E-state index contributed by atoms with van der Waals surface area (Å²) < 4.78 is 15.4. The zero-order valence-corrected chi connectivity index (χ0v) is 18.4. The summed E-state index contributed by atoms with van der Waals surface area (Å²) in [6.45, 7) is 6.06. The lowest BCUT2D eigenvalue weighted by Gasteiger charge is -2.10. The van der Waals surface area contributed by atoms with Gasteiger partial charge < -0.3 is 14.2 Å². The summed E-state index contributed by atoms with van der Waals surface area (Å²) in [5, 5.41) is 5.98. The molecular formula is C20H24N2O4S2. The molecule has 2 aromatic rings. The lowest BCUT2D eigenvalue weighted by molar-refractivity contribution is -0.135. The van der Waals surface area contributed by atoms with Crippen LogP contribution in [0.3, 0.4) is 0 Å². The number of carbonyl (C=O) groups excluding carboxylic acids is 1. The Kier molecular flexibility index (Phi) is 7.95. The van der Waals surface area contributed by atoms with E-state index in [-0.39, 0.29) is 0 Å². The first-order valence-electron chi connectivity index (χ1n) is 8.57. The SMILES string of the molecule is COC(=O)\C=C(OC)/C(C)=C(\C=C\c1csc(-c2csc(C(C)C)n2)n1)OC. The largest absolute Gasteiger partial charge is 0.496 e. The molecule has 6 nitrogen and oxygen atoms in total. The molecule has 28 heavy (non-hydrogen) atoms. The van der Waals surface area contributed by atoms with Crippen LogP contribution in [0, 0.1) is 0 Å². The number of hydrogen-bond donors (Lipinski definition) is 0. The lowest BCUT2D eigenvalue weighted by atomic mass is 10.2. The monoisotopic (exact) mass is 420 g/mol. The van der Waals surface area contributed by atoms with E-state index in [0.29, 0.717) is 23.0 Å². The fraction of sp³-hybridized carbons (Fsp3) is 0.350. The maximum absolute atomic E-state index is 11.5. The molecule has 0 saturated carbocycles. The molecule has 0 amide bonds. The van der Waals surface area contributed by atoms with Gasteiger partial charge >= 0.3 is 5.97 Å². The Morgan fingerprint density at radius 1 is 1.07 bits per heavy atom. The molecular weight excluding hydrogens is 396 g/mol. The van der Waals surface area contributed by atoms with Crippen molar-refractivity contribution in [3.63, 3.8) is 0 Å². The Morgan fingerprint density at radius 2 is 1.82 bits per heavy atom. The molecule has 0 aliphatic heterocycles. The standard InChI is InChI=1S/C20H24N2O4S2/c1-12(2)19-22-15(11-28-19)20-21-14(10-27-20)7-8-16(24-4)13(3)17(25-5)9-18(23)26-6/h7-12H,1-6H3/b8-7+,16-13+,17-9+. The minimum Gasteiger partial charge on any atom is -0.496 e. The van der Waals surface area contributed by atoms with Crippen molar-refractivity contribution < 1.29 is 19.0 Å². The molecule has 2 aromatic heterocycles. The molecule has 0 unspecified atom stereocenters. The third kappa shape index (κ3) is 5.53. The molecule has 0 aliphatic carbocycles. The zero-order valence-electron chi connectivity index (χ0n) is 16.8. The third-order valence-electron chi connectivity index (χ3n) is 3.79. The van der Waals surface area contributed by atoms with E-state index in [1.54, 1.807) is 42.8 Å². The molecule has 2 heterocycles. The first-order chi connectivity index (χ1) is 13.4. The van der Waals surface area contributed by atoms with Crippen molar-refractivity contribution >= 4 is 34.7 Å². The molecule has 2 rings (SSSR count). The number of aromatic nitrogens is 2. The summed E-state index contributed by atoms with van der Waals surface area (Å²) in [6.07, 6.45) is 4.92. The molecule has 0 atom stereocenters. The molecule has 8 heteroatoms. The minimum atomic E-state index is -0.496. The highest BCUT2D eigenvalue weighted by molar-refractivity contribution is 7.14. The van der Waals surface area contributed by atoms with E-state index in [1.807, 2.05) is 16.8 Å². The average molecular weight is 421 g/mol. The van der Waals surface area contributed by atoms with E-state index in [2.05, 4.69) is 28.6 Å². The van der Waals surface area contributed by atoms with Crippen molar-refractivity contribution in [2.45, 2.75) is 26.7 Å². The van der Waals surface area contributed by atoms with Crippen molar-refractivity contribution in [3.8, 4) is 10.7 Å². The Morgan fingerprint density at radius 3 is 2.39 bits per heavy atom. The van der Waals surface area contributed by atoms with Gasteiger partial charge in [0.15, 0.2) is 0 Å². The fourth-order valence-electron chi connectivity index (χ4n) is 2.25. The number of carbonyl (C=O) groups is 1.